The van der Waals surface area contributed by atoms with Crippen molar-refractivity contribution in [1.29, 1.82) is 0 Å². The second kappa shape index (κ2) is 6.01. The van der Waals surface area contributed by atoms with Crippen molar-refractivity contribution in [3.05, 3.63) is 35.9 Å². The minimum atomic E-state index is 0.101. The molecule has 0 aromatic heterocycles. The number of nitrogens with zero attached hydrogens (tertiary/aromatic N) is 1. The fourth-order valence-electron chi connectivity index (χ4n) is 2.21. The summed E-state index contributed by atoms with van der Waals surface area (Å²) in [6.45, 7) is 0.842. The predicted octanol–water partition coefficient (Wildman–Crippen LogP) is 1.81. The minimum absolute atomic E-state index is 0.101. The van der Waals surface area contributed by atoms with Crippen molar-refractivity contribution in [2.45, 2.75) is 31.7 Å². The molecule has 2 N–H and O–H groups in total. The second-order valence-electron chi connectivity index (χ2n) is 5.21. The summed E-state index contributed by atoms with van der Waals surface area (Å²) in [5, 5.41) is 0. The largest absolute Gasteiger partial charge is 0.345 e. The van der Waals surface area contributed by atoms with Gasteiger partial charge in [0.05, 0.1) is 5.92 Å². The highest BCUT2D eigenvalue weighted by Crippen LogP contribution is 2.29. The topological polar surface area (TPSA) is 46.3 Å². The van der Waals surface area contributed by atoms with E-state index in [9.17, 15) is 4.79 Å². The SMILES string of the molecule is CN(CCCCc1ccccc1)C(=O)C1CC1N. The molecule has 98 valence electrons. The predicted molar refractivity (Wildman–Crippen MR) is 73.1 cm³/mol. The lowest BCUT2D eigenvalue weighted by Crippen LogP contribution is -2.31. The first kappa shape index (κ1) is 13.1. The number of nitrogens with two attached hydrogens (primary N) is 1. The molecule has 3 heteroatoms. The van der Waals surface area contributed by atoms with Crippen molar-refractivity contribution >= 4 is 5.91 Å². The minimum Gasteiger partial charge on any atom is -0.345 e. The van der Waals surface area contributed by atoms with E-state index in [1.165, 1.54) is 5.56 Å². The number of carbonyl (C=O) groups is 1. The molecule has 2 atom stereocenters. The van der Waals surface area contributed by atoms with Crippen LogP contribution in [-0.2, 0) is 11.2 Å². The highest BCUT2D eigenvalue weighted by atomic mass is 16.2. The van der Waals surface area contributed by atoms with Gasteiger partial charge in [0.25, 0.3) is 0 Å². The van der Waals surface area contributed by atoms with Crippen LogP contribution in [0.2, 0.25) is 0 Å². The number of aryl methyl sites for hydroxylation is 1. The standard InChI is InChI=1S/C15H22N2O/c1-17(15(18)13-11-14(13)16)10-6-5-9-12-7-3-2-4-8-12/h2-4,7-8,13-14H,5-6,9-11,16H2,1H3. The summed E-state index contributed by atoms with van der Waals surface area (Å²) in [5.74, 6) is 0.325. The van der Waals surface area contributed by atoms with E-state index in [1.807, 2.05) is 18.0 Å². The van der Waals surface area contributed by atoms with Crippen LogP contribution in [0.4, 0.5) is 0 Å². The Hall–Kier alpha value is -1.35. The van der Waals surface area contributed by atoms with Gasteiger partial charge in [0.15, 0.2) is 0 Å². The van der Waals surface area contributed by atoms with Crippen LogP contribution < -0.4 is 5.73 Å². The van der Waals surface area contributed by atoms with Gasteiger partial charge in [-0.05, 0) is 31.2 Å². The number of rotatable bonds is 6. The highest BCUT2D eigenvalue weighted by molar-refractivity contribution is 5.82. The third kappa shape index (κ3) is 3.57. The summed E-state index contributed by atoms with van der Waals surface area (Å²) < 4.78 is 0. The number of benzene rings is 1. The molecular weight excluding hydrogens is 224 g/mol. The van der Waals surface area contributed by atoms with E-state index < -0.39 is 0 Å². The molecule has 1 fully saturated rings. The number of hydrogen-bond donors (Lipinski definition) is 1. The summed E-state index contributed by atoms with van der Waals surface area (Å²) in [7, 11) is 1.88. The smallest absolute Gasteiger partial charge is 0.227 e. The molecule has 0 aliphatic heterocycles. The lowest BCUT2D eigenvalue weighted by molar-refractivity contribution is -0.131. The number of unbranched alkanes of at least 4 members (excludes halogenated alkanes) is 1. The summed E-state index contributed by atoms with van der Waals surface area (Å²) in [4.78, 5) is 13.7. The number of amides is 1. The van der Waals surface area contributed by atoms with Gasteiger partial charge in [-0.25, -0.2) is 0 Å². The average molecular weight is 246 g/mol. The molecule has 3 nitrogen and oxygen atoms in total. The molecule has 0 radical (unpaired) electrons. The Morgan fingerprint density at radius 3 is 2.61 bits per heavy atom. The van der Waals surface area contributed by atoms with E-state index in [4.69, 9.17) is 5.73 Å². The van der Waals surface area contributed by atoms with Crippen LogP contribution in [0.3, 0.4) is 0 Å². The summed E-state index contributed by atoms with van der Waals surface area (Å²) >= 11 is 0. The van der Waals surface area contributed by atoms with Crippen LogP contribution >= 0.6 is 0 Å². The Kier molecular flexibility index (Phi) is 4.37. The molecule has 0 saturated heterocycles. The van der Waals surface area contributed by atoms with Crippen LogP contribution in [0.15, 0.2) is 30.3 Å². The van der Waals surface area contributed by atoms with Crippen molar-refractivity contribution in [3.63, 3.8) is 0 Å². The van der Waals surface area contributed by atoms with Crippen molar-refractivity contribution in [2.24, 2.45) is 11.7 Å². The van der Waals surface area contributed by atoms with E-state index in [-0.39, 0.29) is 17.9 Å². The van der Waals surface area contributed by atoms with Crippen LogP contribution in [0.1, 0.15) is 24.8 Å². The normalized spacial score (nSPS) is 21.7. The maximum absolute atomic E-state index is 11.8. The first-order valence-corrected chi connectivity index (χ1v) is 6.73. The lowest BCUT2D eigenvalue weighted by atomic mass is 10.1. The summed E-state index contributed by atoms with van der Waals surface area (Å²) in [6.07, 6.45) is 4.14. The number of carbonyl (C=O) groups excluding carboxylic acids is 1. The monoisotopic (exact) mass is 246 g/mol. The third-order valence-electron chi connectivity index (χ3n) is 3.59. The Labute approximate surface area is 109 Å². The first-order valence-electron chi connectivity index (χ1n) is 6.73. The Morgan fingerprint density at radius 2 is 2.00 bits per heavy atom. The summed E-state index contributed by atoms with van der Waals surface area (Å²) in [5.41, 5.74) is 7.06. The quantitative estimate of drug-likeness (QED) is 0.778. The molecule has 1 aromatic carbocycles. The van der Waals surface area contributed by atoms with Crippen molar-refractivity contribution in [2.75, 3.05) is 13.6 Å². The fourth-order valence-corrected chi connectivity index (χ4v) is 2.21. The molecule has 0 bridgehead atoms. The van der Waals surface area contributed by atoms with Gasteiger partial charge < -0.3 is 10.6 Å². The Morgan fingerprint density at radius 1 is 1.33 bits per heavy atom. The van der Waals surface area contributed by atoms with Gasteiger partial charge in [0, 0.05) is 19.6 Å². The fraction of sp³-hybridized carbons (Fsp3) is 0.533. The zero-order valence-corrected chi connectivity index (χ0v) is 11.0. The van der Waals surface area contributed by atoms with Crippen LogP contribution in [0, 0.1) is 5.92 Å². The first-order chi connectivity index (χ1) is 8.68. The molecule has 1 aliphatic rings. The van der Waals surface area contributed by atoms with Gasteiger partial charge in [0.2, 0.25) is 5.91 Å². The van der Waals surface area contributed by atoms with Gasteiger partial charge >= 0.3 is 0 Å². The van der Waals surface area contributed by atoms with E-state index in [0.29, 0.717) is 0 Å². The molecule has 0 spiro atoms. The zero-order valence-electron chi connectivity index (χ0n) is 11.0. The molecule has 1 aliphatic carbocycles. The average Bonchev–Trinajstić information content (AvgIpc) is 3.12. The third-order valence-corrected chi connectivity index (χ3v) is 3.59. The van der Waals surface area contributed by atoms with Crippen molar-refractivity contribution in [3.8, 4) is 0 Å². The van der Waals surface area contributed by atoms with Crippen molar-refractivity contribution < 1.29 is 4.79 Å². The van der Waals surface area contributed by atoms with Gasteiger partial charge in [0.1, 0.15) is 0 Å². The van der Waals surface area contributed by atoms with Crippen LogP contribution in [0.5, 0.6) is 0 Å². The highest BCUT2D eigenvalue weighted by Gasteiger charge is 2.41. The maximum atomic E-state index is 11.8. The Balaban J connectivity index is 1.62. The van der Waals surface area contributed by atoms with Crippen molar-refractivity contribution in [1.82, 2.24) is 4.90 Å². The maximum Gasteiger partial charge on any atom is 0.227 e. The lowest BCUT2D eigenvalue weighted by Gasteiger charge is -2.16. The van der Waals surface area contributed by atoms with Crippen LogP contribution in [0.25, 0.3) is 0 Å². The van der Waals surface area contributed by atoms with Gasteiger partial charge in [-0.1, -0.05) is 30.3 Å². The molecule has 1 saturated carbocycles. The molecule has 1 amide bonds. The van der Waals surface area contributed by atoms with Crippen LogP contribution in [-0.4, -0.2) is 30.4 Å². The molecule has 18 heavy (non-hydrogen) atoms. The van der Waals surface area contributed by atoms with Gasteiger partial charge in [-0.3, -0.25) is 4.79 Å². The molecule has 0 heterocycles. The number of hydrogen-bond acceptors (Lipinski definition) is 2. The summed E-state index contributed by atoms with van der Waals surface area (Å²) in [6, 6.07) is 10.6. The molecule has 2 rings (SSSR count). The molecule has 1 aromatic rings. The molecular formula is C15H22N2O. The van der Waals surface area contributed by atoms with E-state index in [1.54, 1.807) is 0 Å². The van der Waals surface area contributed by atoms with E-state index in [0.717, 1.165) is 32.2 Å². The Bertz CT molecular complexity index is 391. The van der Waals surface area contributed by atoms with E-state index in [2.05, 4.69) is 24.3 Å². The molecule has 2 unspecified atom stereocenters. The van der Waals surface area contributed by atoms with Gasteiger partial charge in [-0.15, -0.1) is 0 Å². The second-order valence-corrected chi connectivity index (χ2v) is 5.21. The van der Waals surface area contributed by atoms with Gasteiger partial charge in [-0.2, -0.15) is 0 Å². The zero-order chi connectivity index (χ0) is 13.0. The van der Waals surface area contributed by atoms with E-state index >= 15 is 0 Å².